The highest BCUT2D eigenvalue weighted by atomic mass is 16.4. The van der Waals surface area contributed by atoms with Crippen molar-refractivity contribution in [2.45, 2.75) is 26.2 Å². The van der Waals surface area contributed by atoms with Gasteiger partial charge in [-0.25, -0.2) is 4.79 Å². The molecule has 6 nitrogen and oxygen atoms in total. The minimum Gasteiger partial charge on any atom is -0.478 e. The number of para-hydroxylation sites is 1. The third-order valence-electron chi connectivity index (χ3n) is 3.59. The van der Waals surface area contributed by atoms with Gasteiger partial charge in [0.25, 0.3) is 0 Å². The number of fused-ring (bicyclic) bond motifs is 1. The first kappa shape index (κ1) is 22.6. The Bertz CT molecular complexity index is 799. The van der Waals surface area contributed by atoms with Crippen LogP contribution in [0.3, 0.4) is 0 Å². The monoisotopic (exact) mass is 380 g/mol. The van der Waals surface area contributed by atoms with Gasteiger partial charge in [0.1, 0.15) is 0 Å². The minimum absolute atomic E-state index is 0.200. The lowest BCUT2D eigenvalue weighted by atomic mass is 10.1. The molecule has 0 spiro atoms. The van der Waals surface area contributed by atoms with Crippen molar-refractivity contribution in [2.24, 2.45) is 21.5 Å². The van der Waals surface area contributed by atoms with Gasteiger partial charge in [0, 0.05) is 18.3 Å². The van der Waals surface area contributed by atoms with Crippen molar-refractivity contribution in [2.75, 3.05) is 6.54 Å². The Morgan fingerprint density at radius 2 is 1.82 bits per heavy atom. The smallest absolute Gasteiger partial charge is 0.335 e. The molecule has 1 heterocycles. The average Bonchev–Trinajstić information content (AvgIpc) is 2.66. The fourth-order valence-electron chi connectivity index (χ4n) is 2.16. The van der Waals surface area contributed by atoms with Crippen molar-refractivity contribution in [3.05, 3.63) is 71.9 Å². The van der Waals surface area contributed by atoms with Crippen LogP contribution in [0.15, 0.2) is 76.3 Å². The number of benzene rings is 1. The largest absolute Gasteiger partial charge is 0.478 e. The van der Waals surface area contributed by atoms with Crippen LogP contribution in [0.1, 0.15) is 31.7 Å². The van der Waals surface area contributed by atoms with Crippen molar-refractivity contribution in [3.8, 4) is 0 Å². The van der Waals surface area contributed by atoms with Crippen molar-refractivity contribution in [1.82, 2.24) is 0 Å². The van der Waals surface area contributed by atoms with Crippen LogP contribution in [0.2, 0.25) is 0 Å². The molecular weight excluding hydrogens is 352 g/mol. The molecule has 1 aromatic rings. The fraction of sp³-hybridized carbons (Fsp3) is 0.227. The van der Waals surface area contributed by atoms with E-state index < -0.39 is 5.97 Å². The van der Waals surface area contributed by atoms with Gasteiger partial charge in [-0.1, -0.05) is 62.3 Å². The Morgan fingerprint density at radius 3 is 2.54 bits per heavy atom. The number of hydrogen-bond donors (Lipinski definition) is 3. The molecule has 1 aliphatic heterocycles. The van der Waals surface area contributed by atoms with Crippen LogP contribution in [0.25, 0.3) is 6.08 Å². The molecule has 0 bridgehead atoms. The molecule has 0 aromatic heterocycles. The zero-order valence-corrected chi connectivity index (χ0v) is 16.2. The van der Waals surface area contributed by atoms with Crippen molar-refractivity contribution < 1.29 is 9.90 Å². The van der Waals surface area contributed by atoms with Gasteiger partial charge in [0.15, 0.2) is 5.96 Å². The van der Waals surface area contributed by atoms with Crippen LogP contribution in [0, 0.1) is 0 Å². The maximum absolute atomic E-state index is 11.0. The molecule has 28 heavy (non-hydrogen) atoms. The van der Waals surface area contributed by atoms with E-state index in [1.807, 2.05) is 30.3 Å². The molecular formula is C22H28N4O2. The van der Waals surface area contributed by atoms with Crippen LogP contribution in [0.5, 0.6) is 0 Å². The van der Waals surface area contributed by atoms with Gasteiger partial charge in [-0.3, -0.25) is 9.98 Å². The van der Waals surface area contributed by atoms with E-state index in [0.717, 1.165) is 24.2 Å². The highest BCUT2D eigenvalue weighted by molar-refractivity contribution is 5.90. The summed E-state index contributed by atoms with van der Waals surface area (Å²) >= 11 is 0. The Labute approximate surface area is 166 Å². The van der Waals surface area contributed by atoms with Crippen LogP contribution in [0.4, 0.5) is 5.69 Å². The fourth-order valence-corrected chi connectivity index (χ4v) is 2.16. The Kier molecular flexibility index (Phi) is 11.1. The first-order valence-electron chi connectivity index (χ1n) is 9.18. The summed E-state index contributed by atoms with van der Waals surface area (Å²) in [6.45, 7) is 2.92. The first-order valence-corrected chi connectivity index (χ1v) is 9.18. The van der Waals surface area contributed by atoms with Crippen LogP contribution >= 0.6 is 0 Å². The van der Waals surface area contributed by atoms with Gasteiger partial charge in [-0.15, -0.1) is 0 Å². The number of carboxylic acids is 1. The van der Waals surface area contributed by atoms with Crippen LogP contribution < -0.4 is 11.5 Å². The number of hydrogen-bond acceptors (Lipinski definition) is 3. The van der Waals surface area contributed by atoms with Gasteiger partial charge < -0.3 is 16.6 Å². The maximum Gasteiger partial charge on any atom is 0.335 e. The number of guanidine groups is 1. The molecule has 1 aliphatic rings. The number of unbranched alkanes of at least 4 members (excludes halogenated alkanes) is 2. The number of rotatable bonds is 5. The summed E-state index contributed by atoms with van der Waals surface area (Å²) in [5.41, 5.74) is 12.3. The van der Waals surface area contributed by atoms with Gasteiger partial charge in [-0.2, -0.15) is 0 Å². The molecule has 0 radical (unpaired) electrons. The quantitative estimate of drug-likeness (QED) is 0.407. The molecule has 0 amide bonds. The normalized spacial score (nSPS) is 12.5. The van der Waals surface area contributed by atoms with E-state index in [-0.39, 0.29) is 11.5 Å². The zero-order valence-electron chi connectivity index (χ0n) is 16.2. The van der Waals surface area contributed by atoms with Gasteiger partial charge in [0.05, 0.1) is 11.3 Å². The summed E-state index contributed by atoms with van der Waals surface area (Å²) in [5, 5.41) is 8.99. The second kappa shape index (κ2) is 13.7. The lowest BCUT2D eigenvalue weighted by Crippen LogP contribution is -2.22. The van der Waals surface area contributed by atoms with E-state index in [9.17, 15) is 4.79 Å². The second-order valence-electron chi connectivity index (χ2n) is 5.88. The molecule has 0 saturated heterocycles. The lowest BCUT2D eigenvalue weighted by molar-refractivity contribution is -0.132. The van der Waals surface area contributed by atoms with E-state index in [1.165, 1.54) is 18.9 Å². The number of aliphatic imine (C=N–C) groups is 2. The Hall–Kier alpha value is -3.41. The topological polar surface area (TPSA) is 114 Å². The molecule has 6 heteroatoms. The molecule has 148 valence electrons. The lowest BCUT2D eigenvalue weighted by Gasteiger charge is -1.99. The van der Waals surface area contributed by atoms with Crippen LogP contribution in [-0.2, 0) is 4.79 Å². The molecule has 0 fully saturated rings. The summed E-state index contributed by atoms with van der Waals surface area (Å²) in [6, 6.07) is 7.75. The molecule has 2 rings (SSSR count). The summed E-state index contributed by atoms with van der Waals surface area (Å²) in [6.07, 6.45) is 17.0. The minimum atomic E-state index is -0.955. The molecule has 0 aliphatic carbocycles. The number of nitrogens with zero attached hydrogens (tertiary/aromatic N) is 2. The van der Waals surface area contributed by atoms with E-state index in [2.05, 4.69) is 16.9 Å². The highest BCUT2D eigenvalue weighted by Crippen LogP contribution is 2.19. The maximum atomic E-state index is 11.0. The van der Waals surface area contributed by atoms with Crippen LogP contribution in [-0.4, -0.2) is 29.8 Å². The number of nitrogens with two attached hydrogens (primary N) is 2. The summed E-state index contributed by atoms with van der Waals surface area (Å²) in [7, 11) is 0. The number of carboxylic acid groups (broad SMARTS) is 1. The summed E-state index contributed by atoms with van der Waals surface area (Å²) in [5.74, 6) is -0.755. The van der Waals surface area contributed by atoms with E-state index in [4.69, 9.17) is 16.6 Å². The van der Waals surface area contributed by atoms with Crippen molar-refractivity contribution >= 4 is 29.9 Å². The number of carbonyl (C=O) groups is 1. The molecule has 0 unspecified atom stereocenters. The van der Waals surface area contributed by atoms with E-state index in [1.54, 1.807) is 36.6 Å². The third kappa shape index (κ3) is 9.91. The van der Waals surface area contributed by atoms with Crippen molar-refractivity contribution in [1.29, 1.82) is 0 Å². The van der Waals surface area contributed by atoms with Gasteiger partial charge in [0.2, 0.25) is 0 Å². The zero-order chi connectivity index (χ0) is 20.6. The molecule has 0 saturated carbocycles. The SMILES string of the molecule is CCCCCN=C(N)N.O=C(O)C1=CC=CC=Nc2ccccc2C=CC=C1. The second-order valence-corrected chi connectivity index (χ2v) is 5.88. The Balaban J connectivity index is 0.000000370. The Morgan fingerprint density at radius 1 is 1.07 bits per heavy atom. The first-order chi connectivity index (χ1) is 13.5. The molecule has 1 aromatic carbocycles. The molecule has 5 N–H and O–H groups in total. The number of allylic oxidation sites excluding steroid dienone is 5. The third-order valence-corrected chi connectivity index (χ3v) is 3.59. The molecule has 0 atom stereocenters. The predicted molar refractivity (Wildman–Crippen MR) is 118 cm³/mol. The number of aliphatic carboxylic acids is 1. The predicted octanol–water partition coefficient (Wildman–Crippen LogP) is 3.99. The van der Waals surface area contributed by atoms with E-state index >= 15 is 0 Å². The highest BCUT2D eigenvalue weighted by Gasteiger charge is 2.00. The van der Waals surface area contributed by atoms with Gasteiger partial charge >= 0.3 is 5.97 Å². The van der Waals surface area contributed by atoms with Gasteiger partial charge in [-0.05, 0) is 30.7 Å². The van der Waals surface area contributed by atoms with Crippen molar-refractivity contribution in [3.63, 3.8) is 0 Å². The standard InChI is InChI=1S/C16H13NO2.C6H15N3/c18-16(19)14-9-2-1-7-13-8-3-4-11-15(13)17-12-6-5-10-14;1-2-3-4-5-9-6(7)8/h1-12H,(H,18,19);2-5H2,1H3,(H4,7,8,9). The summed E-state index contributed by atoms with van der Waals surface area (Å²) in [4.78, 5) is 19.1. The average molecular weight is 380 g/mol. The summed E-state index contributed by atoms with van der Waals surface area (Å²) < 4.78 is 0. The van der Waals surface area contributed by atoms with E-state index in [0.29, 0.717) is 0 Å².